The van der Waals surface area contributed by atoms with E-state index < -0.39 is 24.0 Å². The molecule has 0 radical (unpaired) electrons. The molecule has 0 spiro atoms. The van der Waals surface area contributed by atoms with Gasteiger partial charge >= 0.3 is 0 Å². The number of anilines is 3. The molecule has 5 N–H and O–H groups in total. The summed E-state index contributed by atoms with van der Waals surface area (Å²) in [6.45, 7) is 1.69. The molecule has 0 unspecified atom stereocenters. The van der Waals surface area contributed by atoms with Crippen molar-refractivity contribution in [2.45, 2.75) is 19.4 Å². The van der Waals surface area contributed by atoms with Crippen molar-refractivity contribution in [2.24, 2.45) is 0 Å². The lowest BCUT2D eigenvalue weighted by atomic mass is 10.0. The summed E-state index contributed by atoms with van der Waals surface area (Å²) in [5.41, 5.74) is 11.8. The van der Waals surface area contributed by atoms with Crippen LogP contribution in [0.15, 0.2) is 30.5 Å². The summed E-state index contributed by atoms with van der Waals surface area (Å²) in [6.07, 6.45) is -1.47. The number of nitrogens with two attached hydrogens (primary N) is 2. The number of fused-ring (bicyclic) bond motifs is 1. The van der Waals surface area contributed by atoms with E-state index in [1.54, 1.807) is 13.0 Å². The maximum atomic E-state index is 14.0. The third kappa shape index (κ3) is 4.06. The van der Waals surface area contributed by atoms with Crippen LogP contribution in [0.2, 0.25) is 5.02 Å². The first kappa shape index (κ1) is 22.1. The topological polar surface area (TPSA) is 144 Å². The molecular formula is C20H15ClF3N9. The van der Waals surface area contributed by atoms with Crippen LogP contribution in [0.5, 0.6) is 0 Å². The summed E-state index contributed by atoms with van der Waals surface area (Å²) in [7, 11) is 0. The number of nitriles is 1. The molecular weight excluding hydrogens is 459 g/mol. The highest BCUT2D eigenvalue weighted by molar-refractivity contribution is 6.34. The summed E-state index contributed by atoms with van der Waals surface area (Å²) in [4.78, 5) is 12.2. The average molecular weight is 474 g/mol. The SMILES string of the molecule is C[C@H](Nc1nc(N)nc(N)c1C#N)c1cn2nc(C(F)F)c(Cl)c2nc1-c1cccc(F)c1. The molecule has 4 rings (SSSR count). The summed E-state index contributed by atoms with van der Waals surface area (Å²) in [6, 6.07) is 6.86. The molecule has 0 aliphatic carbocycles. The minimum atomic E-state index is -2.92. The molecule has 4 aromatic rings. The van der Waals surface area contributed by atoms with E-state index in [1.165, 1.54) is 24.4 Å². The lowest BCUT2D eigenvalue weighted by Crippen LogP contribution is -2.15. The zero-order valence-electron chi connectivity index (χ0n) is 16.9. The smallest absolute Gasteiger partial charge is 0.283 e. The Morgan fingerprint density at radius 1 is 1.21 bits per heavy atom. The highest BCUT2D eigenvalue weighted by Gasteiger charge is 2.24. The molecule has 168 valence electrons. The van der Waals surface area contributed by atoms with Crippen molar-refractivity contribution in [3.63, 3.8) is 0 Å². The maximum Gasteiger partial charge on any atom is 0.283 e. The van der Waals surface area contributed by atoms with Crippen LogP contribution in [0.1, 0.15) is 36.2 Å². The van der Waals surface area contributed by atoms with Gasteiger partial charge in [-0.2, -0.15) is 20.3 Å². The predicted octanol–water partition coefficient (Wildman–Crippen LogP) is 4.13. The second kappa shape index (κ2) is 8.44. The largest absolute Gasteiger partial charge is 0.382 e. The number of aromatic nitrogens is 5. The monoisotopic (exact) mass is 473 g/mol. The van der Waals surface area contributed by atoms with Gasteiger partial charge in [-0.3, -0.25) is 0 Å². The Bertz CT molecular complexity index is 1410. The number of hydrogen-bond donors (Lipinski definition) is 3. The lowest BCUT2D eigenvalue weighted by Gasteiger charge is -2.19. The van der Waals surface area contributed by atoms with Crippen molar-refractivity contribution in [1.82, 2.24) is 24.6 Å². The van der Waals surface area contributed by atoms with Crippen LogP contribution in [-0.2, 0) is 0 Å². The highest BCUT2D eigenvalue weighted by Crippen LogP contribution is 2.34. The predicted molar refractivity (Wildman–Crippen MR) is 116 cm³/mol. The molecule has 0 fully saturated rings. The Kier molecular flexibility index (Phi) is 5.65. The van der Waals surface area contributed by atoms with Crippen molar-refractivity contribution in [1.29, 1.82) is 5.26 Å². The van der Waals surface area contributed by atoms with Gasteiger partial charge < -0.3 is 16.8 Å². The molecule has 0 saturated carbocycles. The average Bonchev–Trinajstić information content (AvgIpc) is 3.08. The third-order valence-electron chi connectivity index (χ3n) is 4.80. The summed E-state index contributed by atoms with van der Waals surface area (Å²) >= 11 is 6.08. The Morgan fingerprint density at radius 3 is 2.64 bits per heavy atom. The number of nitrogen functional groups attached to an aromatic ring is 2. The summed E-state index contributed by atoms with van der Waals surface area (Å²) in [5, 5.41) is 15.9. The van der Waals surface area contributed by atoms with Gasteiger partial charge in [-0.05, 0) is 19.1 Å². The van der Waals surface area contributed by atoms with Crippen molar-refractivity contribution in [3.05, 3.63) is 58.1 Å². The number of hydrogen-bond acceptors (Lipinski definition) is 8. The molecule has 0 aliphatic heterocycles. The van der Waals surface area contributed by atoms with E-state index >= 15 is 0 Å². The second-order valence-corrected chi connectivity index (χ2v) is 7.37. The standard InChI is InChI=1S/C20H15ClF3N9/c1-8(28-18-11(6-25)17(26)30-20(27)31-18)12-7-33-19(13(21)15(32-33)16(23)24)29-14(12)9-3-2-4-10(22)5-9/h2-5,7-8,16H,1H3,(H5,26,27,28,30,31)/t8-/m0/s1. The Labute approximate surface area is 189 Å². The van der Waals surface area contributed by atoms with Crippen LogP contribution in [-0.4, -0.2) is 24.6 Å². The maximum absolute atomic E-state index is 14.0. The first-order valence-electron chi connectivity index (χ1n) is 9.42. The van der Waals surface area contributed by atoms with E-state index in [1.807, 2.05) is 6.07 Å². The van der Waals surface area contributed by atoms with Gasteiger partial charge in [0.25, 0.3) is 6.43 Å². The molecule has 9 nitrogen and oxygen atoms in total. The van der Waals surface area contributed by atoms with Crippen LogP contribution >= 0.6 is 11.6 Å². The molecule has 3 aromatic heterocycles. The second-order valence-electron chi connectivity index (χ2n) is 6.99. The van der Waals surface area contributed by atoms with E-state index in [0.29, 0.717) is 11.1 Å². The van der Waals surface area contributed by atoms with Gasteiger partial charge in [0.2, 0.25) is 5.95 Å². The molecule has 0 aliphatic rings. The van der Waals surface area contributed by atoms with E-state index in [2.05, 4.69) is 25.4 Å². The molecule has 13 heteroatoms. The van der Waals surface area contributed by atoms with Crippen LogP contribution in [0.3, 0.4) is 0 Å². The Morgan fingerprint density at radius 2 is 1.97 bits per heavy atom. The van der Waals surface area contributed by atoms with E-state index in [-0.39, 0.29) is 39.5 Å². The first-order chi connectivity index (χ1) is 15.7. The third-order valence-corrected chi connectivity index (χ3v) is 5.16. The van der Waals surface area contributed by atoms with Crippen molar-refractivity contribution in [2.75, 3.05) is 16.8 Å². The number of benzene rings is 1. The van der Waals surface area contributed by atoms with Crippen LogP contribution < -0.4 is 16.8 Å². The lowest BCUT2D eigenvalue weighted by molar-refractivity contribution is 0.146. The van der Waals surface area contributed by atoms with Crippen LogP contribution in [0.4, 0.5) is 30.8 Å². The minimum absolute atomic E-state index is 0.0181. The highest BCUT2D eigenvalue weighted by atomic mass is 35.5. The minimum Gasteiger partial charge on any atom is -0.382 e. The van der Waals surface area contributed by atoms with Gasteiger partial charge in [0.1, 0.15) is 34.0 Å². The fourth-order valence-electron chi connectivity index (χ4n) is 3.29. The fraction of sp³-hybridized carbons (Fsp3) is 0.150. The van der Waals surface area contributed by atoms with Gasteiger partial charge in [0.15, 0.2) is 11.5 Å². The molecule has 33 heavy (non-hydrogen) atoms. The molecule has 1 atom stereocenters. The van der Waals surface area contributed by atoms with Crippen molar-refractivity contribution in [3.8, 4) is 17.3 Å². The van der Waals surface area contributed by atoms with Gasteiger partial charge in [-0.25, -0.2) is 22.7 Å². The molecule has 0 saturated heterocycles. The fourth-order valence-corrected chi connectivity index (χ4v) is 3.54. The Hall–Kier alpha value is -4.11. The summed E-state index contributed by atoms with van der Waals surface area (Å²) < 4.78 is 41.7. The number of rotatable bonds is 5. The van der Waals surface area contributed by atoms with Crippen LogP contribution in [0.25, 0.3) is 16.9 Å². The molecule has 0 amide bonds. The molecule has 1 aromatic carbocycles. The van der Waals surface area contributed by atoms with Gasteiger partial charge in [0, 0.05) is 17.3 Å². The Balaban J connectivity index is 1.90. The van der Waals surface area contributed by atoms with E-state index in [0.717, 1.165) is 4.52 Å². The van der Waals surface area contributed by atoms with Gasteiger partial charge in [0.05, 0.1) is 11.7 Å². The molecule has 3 heterocycles. The van der Waals surface area contributed by atoms with Crippen molar-refractivity contribution < 1.29 is 13.2 Å². The molecule has 0 bridgehead atoms. The summed E-state index contributed by atoms with van der Waals surface area (Å²) in [5.74, 6) is -0.719. The zero-order valence-corrected chi connectivity index (χ0v) is 17.6. The number of nitrogens with one attached hydrogen (secondary N) is 1. The van der Waals surface area contributed by atoms with Gasteiger partial charge in [-0.15, -0.1) is 0 Å². The first-order valence-corrected chi connectivity index (χ1v) is 9.79. The van der Waals surface area contributed by atoms with E-state index in [9.17, 15) is 18.4 Å². The normalized spacial score (nSPS) is 12.2. The zero-order chi connectivity index (χ0) is 23.9. The quantitative estimate of drug-likeness (QED) is 0.392. The number of halogens is 4. The van der Waals surface area contributed by atoms with Crippen molar-refractivity contribution >= 4 is 34.8 Å². The van der Waals surface area contributed by atoms with Crippen LogP contribution in [0, 0.1) is 17.1 Å². The number of alkyl halides is 2. The van der Waals surface area contributed by atoms with E-state index in [4.69, 9.17) is 23.1 Å². The number of nitrogens with zero attached hydrogens (tertiary/aromatic N) is 6. The van der Waals surface area contributed by atoms with Gasteiger partial charge in [-0.1, -0.05) is 23.7 Å².